The van der Waals surface area contributed by atoms with Crippen LogP contribution in [0.5, 0.6) is 0 Å². The van der Waals surface area contributed by atoms with Crippen LogP contribution in [-0.2, 0) is 0 Å². The molecule has 0 aliphatic rings. The molecule has 7 aromatic carbocycles. The Hall–Kier alpha value is -7.39. The molecule has 0 unspecified atom stereocenters. The molecule has 5 nitrogen and oxygen atoms in total. The van der Waals surface area contributed by atoms with E-state index in [-0.39, 0.29) is 0 Å². The first-order chi connectivity index (χ1) is 24.7. The first-order valence-electron chi connectivity index (χ1n) is 16.3. The van der Waals surface area contributed by atoms with Gasteiger partial charge in [0.25, 0.3) is 0 Å². The highest BCUT2D eigenvalue weighted by Crippen LogP contribution is 2.39. The quantitative estimate of drug-likeness (QED) is 0.193. The van der Waals surface area contributed by atoms with E-state index in [0.717, 1.165) is 77.2 Å². The monoisotopic (exact) mass is 635 g/mol. The molecule has 0 aliphatic heterocycles. The summed E-state index contributed by atoms with van der Waals surface area (Å²) in [5, 5.41) is 34.1. The fraction of sp³-hybridized carbons (Fsp3) is 0. The normalized spacial score (nSPS) is 11.1. The van der Waals surface area contributed by atoms with Gasteiger partial charge in [-0.2, -0.15) is 15.8 Å². The van der Waals surface area contributed by atoms with E-state index in [0.29, 0.717) is 16.7 Å². The summed E-state index contributed by atoms with van der Waals surface area (Å²) < 4.78 is 4.40. The van der Waals surface area contributed by atoms with Crippen molar-refractivity contribution in [1.82, 2.24) is 9.13 Å². The molecule has 0 saturated carbocycles. The molecule has 2 aromatic heterocycles. The maximum Gasteiger partial charge on any atom is 0.101 e. The van der Waals surface area contributed by atoms with Crippen LogP contribution in [0.25, 0.3) is 77.2 Å². The molecule has 0 bridgehead atoms. The van der Waals surface area contributed by atoms with Crippen LogP contribution in [0.4, 0.5) is 0 Å². The van der Waals surface area contributed by atoms with Crippen molar-refractivity contribution in [1.29, 1.82) is 15.8 Å². The van der Waals surface area contributed by atoms with Gasteiger partial charge in [-0.1, -0.05) is 78.9 Å². The van der Waals surface area contributed by atoms with Crippen molar-refractivity contribution in [2.45, 2.75) is 0 Å². The van der Waals surface area contributed by atoms with Crippen molar-refractivity contribution in [2.24, 2.45) is 0 Å². The molecule has 0 N–H and O–H groups in total. The molecule has 0 fully saturated rings. The number of aromatic nitrogens is 2. The highest BCUT2D eigenvalue weighted by Gasteiger charge is 2.19. The third kappa shape index (κ3) is 4.38. The molecule has 50 heavy (non-hydrogen) atoms. The number of benzene rings is 7. The molecule has 9 rings (SSSR count). The SMILES string of the molecule is N#Cc1cc(-c2ccc(-n3c4ccccc4c4cc(C#N)ccc43)cc2)cc(-c2ccccc2-n2c3ccccc3c3cccc(C#N)c32)c1. The van der Waals surface area contributed by atoms with Crippen LogP contribution in [0.3, 0.4) is 0 Å². The lowest BCUT2D eigenvalue weighted by Gasteiger charge is -2.16. The molecule has 0 saturated heterocycles. The second kappa shape index (κ2) is 11.4. The van der Waals surface area contributed by atoms with Gasteiger partial charge in [-0.25, -0.2) is 0 Å². The molecule has 0 atom stereocenters. The van der Waals surface area contributed by atoms with E-state index < -0.39 is 0 Å². The van der Waals surface area contributed by atoms with Crippen LogP contribution in [0, 0.1) is 34.0 Å². The van der Waals surface area contributed by atoms with E-state index in [4.69, 9.17) is 0 Å². The predicted molar refractivity (Wildman–Crippen MR) is 200 cm³/mol. The van der Waals surface area contributed by atoms with Gasteiger partial charge < -0.3 is 9.13 Å². The van der Waals surface area contributed by atoms with Crippen molar-refractivity contribution >= 4 is 43.6 Å². The number of nitrogens with zero attached hydrogens (tertiary/aromatic N) is 5. The third-order valence-electron chi connectivity index (χ3n) is 9.59. The Kier molecular flexibility index (Phi) is 6.56. The maximum atomic E-state index is 10.2. The number of hydrogen-bond donors (Lipinski definition) is 0. The Morgan fingerprint density at radius 2 is 1.04 bits per heavy atom. The Morgan fingerprint density at radius 1 is 0.400 bits per heavy atom. The molecule has 9 aromatic rings. The van der Waals surface area contributed by atoms with E-state index in [9.17, 15) is 15.8 Å². The minimum atomic E-state index is 0.562. The van der Waals surface area contributed by atoms with E-state index in [2.05, 4.69) is 100 Å². The van der Waals surface area contributed by atoms with Crippen LogP contribution in [0.2, 0.25) is 0 Å². The van der Waals surface area contributed by atoms with Gasteiger partial charge in [-0.15, -0.1) is 0 Å². The van der Waals surface area contributed by atoms with Crippen molar-refractivity contribution in [3.63, 3.8) is 0 Å². The first kappa shape index (κ1) is 28.8. The van der Waals surface area contributed by atoms with E-state index in [1.165, 1.54) is 0 Å². The van der Waals surface area contributed by atoms with Crippen LogP contribution in [0.1, 0.15) is 16.7 Å². The Bertz CT molecular complexity index is 2960. The Morgan fingerprint density at radius 3 is 1.80 bits per heavy atom. The van der Waals surface area contributed by atoms with Crippen LogP contribution >= 0.6 is 0 Å². The molecule has 0 radical (unpaired) electrons. The molecule has 0 aliphatic carbocycles. The smallest absolute Gasteiger partial charge is 0.101 e. The predicted octanol–water partition coefficient (Wildman–Crippen LogP) is 10.8. The minimum absolute atomic E-state index is 0.562. The summed E-state index contributed by atoms with van der Waals surface area (Å²) >= 11 is 0. The summed E-state index contributed by atoms with van der Waals surface area (Å²) in [4.78, 5) is 0. The topological polar surface area (TPSA) is 81.2 Å². The van der Waals surface area contributed by atoms with Gasteiger partial charge in [-0.3, -0.25) is 0 Å². The molecular weight excluding hydrogens is 611 g/mol. The fourth-order valence-electron chi connectivity index (χ4n) is 7.41. The van der Waals surface area contributed by atoms with Crippen LogP contribution in [-0.4, -0.2) is 9.13 Å². The summed E-state index contributed by atoms with van der Waals surface area (Å²) in [7, 11) is 0. The molecule has 230 valence electrons. The number of fused-ring (bicyclic) bond motifs is 6. The maximum absolute atomic E-state index is 10.2. The first-order valence-corrected chi connectivity index (χ1v) is 16.3. The number of hydrogen-bond acceptors (Lipinski definition) is 3. The summed E-state index contributed by atoms with van der Waals surface area (Å²) in [6.45, 7) is 0. The zero-order chi connectivity index (χ0) is 33.8. The van der Waals surface area contributed by atoms with Crippen LogP contribution < -0.4 is 0 Å². The molecule has 2 heterocycles. The minimum Gasteiger partial charge on any atom is -0.309 e. The standard InChI is InChI=1S/C45H25N5/c46-26-29-16-21-44-40(24-29)38-11-3-5-14-42(38)49(44)35-19-17-31(18-20-35)33-22-30(27-47)23-34(25-33)36-9-1-4-13-41(36)50-43-15-6-2-10-37(43)39-12-7-8-32(28-48)45(39)50/h1-25H. The number of rotatable bonds is 4. The molecule has 0 spiro atoms. The second-order valence-electron chi connectivity index (χ2n) is 12.3. The van der Waals surface area contributed by atoms with Gasteiger partial charge in [-0.05, 0) is 89.5 Å². The zero-order valence-corrected chi connectivity index (χ0v) is 26.7. The average molecular weight is 636 g/mol. The number of nitriles is 3. The van der Waals surface area contributed by atoms with E-state index in [1.54, 1.807) is 0 Å². The van der Waals surface area contributed by atoms with Gasteiger partial charge in [0.15, 0.2) is 0 Å². The van der Waals surface area contributed by atoms with Crippen molar-refractivity contribution in [3.05, 3.63) is 168 Å². The lowest BCUT2D eigenvalue weighted by molar-refractivity contribution is 1.18. The van der Waals surface area contributed by atoms with Crippen molar-refractivity contribution < 1.29 is 0 Å². The lowest BCUT2D eigenvalue weighted by atomic mass is 9.95. The van der Waals surface area contributed by atoms with Gasteiger partial charge in [0.2, 0.25) is 0 Å². The average Bonchev–Trinajstić information content (AvgIpc) is 3.70. The summed E-state index contributed by atoms with van der Waals surface area (Å²) in [6.07, 6.45) is 0. The van der Waals surface area contributed by atoms with Gasteiger partial charge in [0.05, 0.1) is 56.6 Å². The van der Waals surface area contributed by atoms with Gasteiger partial charge in [0, 0.05) is 32.8 Å². The number of para-hydroxylation sites is 4. The second-order valence-corrected chi connectivity index (χ2v) is 12.3. The lowest BCUT2D eigenvalue weighted by Crippen LogP contribution is -1.99. The molecular formula is C45H25N5. The summed E-state index contributed by atoms with van der Waals surface area (Å²) in [5.74, 6) is 0. The summed E-state index contributed by atoms with van der Waals surface area (Å²) in [5.41, 5.74) is 11.5. The Labute approximate surface area is 287 Å². The third-order valence-corrected chi connectivity index (χ3v) is 9.59. The van der Waals surface area contributed by atoms with Crippen molar-refractivity contribution in [2.75, 3.05) is 0 Å². The Balaban J connectivity index is 1.20. The van der Waals surface area contributed by atoms with E-state index >= 15 is 0 Å². The van der Waals surface area contributed by atoms with Crippen LogP contribution in [0.15, 0.2) is 152 Å². The largest absolute Gasteiger partial charge is 0.309 e. The fourth-order valence-corrected chi connectivity index (χ4v) is 7.41. The van der Waals surface area contributed by atoms with Gasteiger partial charge in [0.1, 0.15) is 6.07 Å². The zero-order valence-electron chi connectivity index (χ0n) is 26.7. The molecule has 5 heteroatoms. The highest BCUT2D eigenvalue weighted by molar-refractivity contribution is 6.12. The summed E-state index contributed by atoms with van der Waals surface area (Å²) in [6, 6.07) is 57.8. The van der Waals surface area contributed by atoms with Crippen molar-refractivity contribution in [3.8, 4) is 51.8 Å². The highest BCUT2D eigenvalue weighted by atomic mass is 15.0. The van der Waals surface area contributed by atoms with E-state index in [1.807, 2.05) is 78.9 Å². The molecule has 0 amide bonds. The van der Waals surface area contributed by atoms with Gasteiger partial charge >= 0.3 is 0 Å².